The molecule has 0 aromatic heterocycles. The lowest BCUT2D eigenvalue weighted by Crippen LogP contribution is -2.43. The van der Waals surface area contributed by atoms with E-state index in [0.29, 0.717) is 12.0 Å². The molecule has 0 amide bonds. The van der Waals surface area contributed by atoms with E-state index in [4.69, 9.17) is 4.74 Å². The van der Waals surface area contributed by atoms with Crippen LogP contribution in [0.15, 0.2) is 24.3 Å². The van der Waals surface area contributed by atoms with Gasteiger partial charge in [0.15, 0.2) is 0 Å². The van der Waals surface area contributed by atoms with E-state index < -0.39 is 0 Å². The van der Waals surface area contributed by atoms with Crippen molar-refractivity contribution >= 4 is 0 Å². The smallest absolute Gasteiger partial charge is 0.0723 e. The van der Waals surface area contributed by atoms with E-state index in [1.54, 1.807) is 0 Å². The average Bonchev–Trinajstić information content (AvgIpc) is 2.29. The SMILES string of the molecule is CN1CC[C@H]2OCc3ccccc3[C@H]2C1. The van der Waals surface area contributed by atoms with Crippen molar-refractivity contribution in [3.8, 4) is 0 Å². The molecule has 2 aliphatic heterocycles. The van der Waals surface area contributed by atoms with Crippen LogP contribution >= 0.6 is 0 Å². The molecule has 2 heterocycles. The Morgan fingerprint density at radius 1 is 1.33 bits per heavy atom. The molecule has 1 saturated heterocycles. The Kier molecular flexibility index (Phi) is 2.26. The molecule has 1 fully saturated rings. The van der Waals surface area contributed by atoms with Crippen molar-refractivity contribution in [2.24, 2.45) is 0 Å². The van der Waals surface area contributed by atoms with E-state index >= 15 is 0 Å². The summed E-state index contributed by atoms with van der Waals surface area (Å²) in [5, 5.41) is 0. The minimum Gasteiger partial charge on any atom is -0.373 e. The molecule has 2 nitrogen and oxygen atoms in total. The van der Waals surface area contributed by atoms with Gasteiger partial charge in [0.1, 0.15) is 0 Å². The molecule has 0 radical (unpaired) electrons. The fourth-order valence-corrected chi connectivity index (χ4v) is 2.82. The summed E-state index contributed by atoms with van der Waals surface area (Å²) in [7, 11) is 2.20. The van der Waals surface area contributed by atoms with Crippen molar-refractivity contribution in [2.75, 3.05) is 20.1 Å². The van der Waals surface area contributed by atoms with Crippen molar-refractivity contribution in [1.29, 1.82) is 0 Å². The van der Waals surface area contributed by atoms with Crippen LogP contribution in [0.2, 0.25) is 0 Å². The molecule has 2 heteroatoms. The summed E-state index contributed by atoms with van der Waals surface area (Å²) in [6.07, 6.45) is 1.63. The van der Waals surface area contributed by atoms with Gasteiger partial charge in [0, 0.05) is 19.0 Å². The van der Waals surface area contributed by atoms with Crippen molar-refractivity contribution in [1.82, 2.24) is 4.90 Å². The van der Waals surface area contributed by atoms with Crippen molar-refractivity contribution in [3.63, 3.8) is 0 Å². The molecule has 1 aromatic carbocycles. The van der Waals surface area contributed by atoms with Crippen LogP contribution in [-0.2, 0) is 11.3 Å². The zero-order valence-corrected chi connectivity index (χ0v) is 9.15. The summed E-state index contributed by atoms with van der Waals surface area (Å²) >= 11 is 0. The predicted molar refractivity (Wildman–Crippen MR) is 59.9 cm³/mol. The molecule has 3 rings (SSSR count). The number of piperidine rings is 1. The Balaban J connectivity index is 1.96. The van der Waals surface area contributed by atoms with Gasteiger partial charge in [-0.3, -0.25) is 0 Å². The highest BCUT2D eigenvalue weighted by molar-refractivity contribution is 5.33. The third-order valence-electron chi connectivity index (χ3n) is 3.66. The van der Waals surface area contributed by atoms with Crippen LogP contribution < -0.4 is 0 Å². The van der Waals surface area contributed by atoms with E-state index in [9.17, 15) is 0 Å². The van der Waals surface area contributed by atoms with Crippen LogP contribution in [0.4, 0.5) is 0 Å². The predicted octanol–water partition coefficient (Wildman–Crippen LogP) is 2.00. The third kappa shape index (κ3) is 1.58. The Labute approximate surface area is 90.8 Å². The Hall–Kier alpha value is -0.860. The maximum absolute atomic E-state index is 5.93. The monoisotopic (exact) mass is 203 g/mol. The van der Waals surface area contributed by atoms with Crippen LogP contribution in [0, 0.1) is 0 Å². The first-order chi connectivity index (χ1) is 7.34. The van der Waals surface area contributed by atoms with Crippen LogP contribution in [0.3, 0.4) is 0 Å². The lowest BCUT2D eigenvalue weighted by molar-refractivity contribution is -0.0267. The lowest BCUT2D eigenvalue weighted by Gasteiger charge is -2.40. The van der Waals surface area contributed by atoms with E-state index in [-0.39, 0.29) is 0 Å². The zero-order valence-electron chi connectivity index (χ0n) is 9.15. The molecule has 2 atom stereocenters. The number of fused-ring (bicyclic) bond motifs is 3. The summed E-state index contributed by atoms with van der Waals surface area (Å²) in [6.45, 7) is 3.12. The Morgan fingerprint density at radius 2 is 2.20 bits per heavy atom. The lowest BCUT2D eigenvalue weighted by atomic mass is 9.83. The van der Waals surface area contributed by atoms with E-state index in [1.165, 1.54) is 24.1 Å². The third-order valence-corrected chi connectivity index (χ3v) is 3.66. The van der Waals surface area contributed by atoms with Crippen molar-refractivity contribution < 1.29 is 4.74 Å². The van der Waals surface area contributed by atoms with Gasteiger partial charge < -0.3 is 9.64 Å². The summed E-state index contributed by atoms with van der Waals surface area (Å²) < 4.78 is 5.93. The highest BCUT2D eigenvalue weighted by Gasteiger charge is 2.33. The van der Waals surface area contributed by atoms with Crippen molar-refractivity contribution in [2.45, 2.75) is 25.0 Å². The van der Waals surface area contributed by atoms with Gasteiger partial charge in [0.05, 0.1) is 12.7 Å². The van der Waals surface area contributed by atoms with Gasteiger partial charge >= 0.3 is 0 Å². The quantitative estimate of drug-likeness (QED) is 0.639. The number of likely N-dealkylation sites (tertiary alicyclic amines) is 1. The maximum atomic E-state index is 5.93. The van der Waals surface area contributed by atoms with Crippen LogP contribution in [-0.4, -0.2) is 31.1 Å². The average molecular weight is 203 g/mol. The molecule has 0 saturated carbocycles. The van der Waals surface area contributed by atoms with Crippen LogP contribution in [0.1, 0.15) is 23.5 Å². The highest BCUT2D eigenvalue weighted by Crippen LogP contribution is 2.35. The number of likely N-dealkylation sites (N-methyl/N-ethyl adjacent to an activating group) is 1. The number of ether oxygens (including phenoxy) is 1. The van der Waals surface area contributed by atoms with Gasteiger partial charge in [-0.2, -0.15) is 0 Å². The number of rotatable bonds is 0. The minimum atomic E-state index is 0.455. The first-order valence-electron chi connectivity index (χ1n) is 5.72. The van der Waals surface area contributed by atoms with Crippen LogP contribution in [0.5, 0.6) is 0 Å². The molecule has 80 valence electrons. The summed E-state index contributed by atoms with van der Waals surface area (Å²) in [4.78, 5) is 2.41. The number of hydrogen-bond acceptors (Lipinski definition) is 2. The molecular formula is C13H17NO. The fourth-order valence-electron chi connectivity index (χ4n) is 2.82. The molecule has 0 unspecified atom stereocenters. The van der Waals surface area contributed by atoms with E-state index in [1.807, 2.05) is 0 Å². The van der Waals surface area contributed by atoms with E-state index in [2.05, 4.69) is 36.2 Å². The molecule has 2 aliphatic rings. The largest absolute Gasteiger partial charge is 0.373 e. The maximum Gasteiger partial charge on any atom is 0.0723 e. The number of benzene rings is 1. The summed E-state index contributed by atoms with van der Waals surface area (Å²) in [5.41, 5.74) is 2.90. The van der Waals surface area contributed by atoms with Gasteiger partial charge in [-0.05, 0) is 24.6 Å². The first-order valence-corrected chi connectivity index (χ1v) is 5.72. The topological polar surface area (TPSA) is 12.5 Å². The second-order valence-corrected chi connectivity index (χ2v) is 4.71. The number of nitrogens with zero attached hydrogens (tertiary/aromatic N) is 1. The molecule has 0 N–H and O–H groups in total. The molecule has 0 bridgehead atoms. The van der Waals surface area contributed by atoms with Crippen molar-refractivity contribution in [3.05, 3.63) is 35.4 Å². The Morgan fingerprint density at radius 3 is 3.13 bits per heavy atom. The van der Waals surface area contributed by atoms with E-state index in [0.717, 1.165) is 13.2 Å². The van der Waals surface area contributed by atoms with Gasteiger partial charge in [-0.15, -0.1) is 0 Å². The zero-order chi connectivity index (χ0) is 10.3. The minimum absolute atomic E-state index is 0.455. The molecule has 1 aromatic rings. The van der Waals surface area contributed by atoms with Gasteiger partial charge in [0.25, 0.3) is 0 Å². The van der Waals surface area contributed by atoms with Gasteiger partial charge in [-0.25, -0.2) is 0 Å². The molecule has 0 aliphatic carbocycles. The number of hydrogen-bond donors (Lipinski definition) is 0. The normalized spacial score (nSPS) is 30.7. The molecule has 15 heavy (non-hydrogen) atoms. The second kappa shape index (κ2) is 3.62. The molecular weight excluding hydrogens is 186 g/mol. The summed E-state index contributed by atoms with van der Waals surface area (Å²) in [6, 6.07) is 8.72. The van der Waals surface area contributed by atoms with Gasteiger partial charge in [0.2, 0.25) is 0 Å². The fraction of sp³-hybridized carbons (Fsp3) is 0.538. The first kappa shape index (κ1) is 9.37. The van der Waals surface area contributed by atoms with Gasteiger partial charge in [-0.1, -0.05) is 24.3 Å². The highest BCUT2D eigenvalue weighted by atomic mass is 16.5. The summed E-state index contributed by atoms with van der Waals surface area (Å²) in [5.74, 6) is 0.591. The Bertz CT molecular complexity index is 363. The standard InChI is InChI=1S/C13H17NO/c1-14-7-6-13-12(8-14)11-5-3-2-4-10(11)9-15-13/h2-5,12-13H,6-9H2,1H3/t12-,13-/m1/s1. The second-order valence-electron chi connectivity index (χ2n) is 4.71. The van der Waals surface area contributed by atoms with Crippen LogP contribution in [0.25, 0.3) is 0 Å². The molecule has 0 spiro atoms.